The summed E-state index contributed by atoms with van der Waals surface area (Å²) in [4.78, 5) is 12.8. The minimum atomic E-state index is -0.348. The fraction of sp³-hybridized carbons (Fsp3) is 0.214. The summed E-state index contributed by atoms with van der Waals surface area (Å²) < 4.78 is 21.3. The molecule has 1 heterocycles. The van der Waals surface area contributed by atoms with Crippen LogP contribution in [-0.4, -0.2) is 15.7 Å². The maximum absolute atomic E-state index is 13.9. The molecule has 0 spiro atoms. The van der Waals surface area contributed by atoms with Crippen molar-refractivity contribution in [3.63, 3.8) is 0 Å². The van der Waals surface area contributed by atoms with Gasteiger partial charge in [0, 0.05) is 17.3 Å². The molecule has 0 radical (unpaired) electrons. The Labute approximate surface area is 209 Å². The normalized spacial score (nSPS) is 11.3. The van der Waals surface area contributed by atoms with Gasteiger partial charge in [-0.05, 0) is 46.9 Å². The number of nitrogens with one attached hydrogen (secondary N) is 1. The van der Waals surface area contributed by atoms with Crippen molar-refractivity contribution in [2.24, 2.45) is 0 Å². The minimum absolute atomic E-state index is 0.0800. The van der Waals surface area contributed by atoms with Gasteiger partial charge in [-0.3, -0.25) is 9.48 Å². The van der Waals surface area contributed by atoms with Crippen LogP contribution >= 0.6 is 11.6 Å². The average molecular weight is 492 g/mol. The number of hydrogen-bond acceptors (Lipinski definition) is 3. The van der Waals surface area contributed by atoms with Crippen molar-refractivity contribution in [2.45, 2.75) is 39.3 Å². The Morgan fingerprint density at radius 1 is 1.06 bits per heavy atom. The SMILES string of the molecule is CC(C)(C)c1ccc(OCc2cccc(C(=O)Nc3nn(Cc4ccccc4F)cc3Cl)c2)cc1. The second-order valence-electron chi connectivity index (χ2n) is 9.33. The van der Waals surface area contributed by atoms with E-state index in [4.69, 9.17) is 16.3 Å². The van der Waals surface area contributed by atoms with Gasteiger partial charge in [0.15, 0.2) is 5.82 Å². The summed E-state index contributed by atoms with van der Waals surface area (Å²) in [5, 5.41) is 7.30. The van der Waals surface area contributed by atoms with Gasteiger partial charge in [-0.2, -0.15) is 5.10 Å². The number of rotatable bonds is 7. The van der Waals surface area contributed by atoms with Crippen LogP contribution in [0.25, 0.3) is 0 Å². The zero-order valence-electron chi connectivity index (χ0n) is 19.9. The fourth-order valence-electron chi connectivity index (χ4n) is 3.56. The maximum atomic E-state index is 13.9. The van der Waals surface area contributed by atoms with Gasteiger partial charge in [-0.25, -0.2) is 4.39 Å². The van der Waals surface area contributed by atoms with E-state index in [9.17, 15) is 9.18 Å². The van der Waals surface area contributed by atoms with E-state index in [2.05, 4.69) is 43.3 Å². The Hall–Kier alpha value is -3.64. The molecule has 3 aromatic carbocycles. The molecule has 1 N–H and O–H groups in total. The van der Waals surface area contributed by atoms with Crippen LogP contribution in [0.3, 0.4) is 0 Å². The van der Waals surface area contributed by atoms with Crippen LogP contribution in [0.2, 0.25) is 5.02 Å². The van der Waals surface area contributed by atoms with E-state index in [1.165, 1.54) is 16.3 Å². The predicted octanol–water partition coefficient (Wildman–Crippen LogP) is 6.85. The van der Waals surface area contributed by atoms with Crippen LogP contribution < -0.4 is 10.1 Å². The highest BCUT2D eigenvalue weighted by Crippen LogP contribution is 2.25. The van der Waals surface area contributed by atoms with Gasteiger partial charge in [0.2, 0.25) is 0 Å². The Bertz CT molecular complexity index is 1330. The quantitative estimate of drug-likeness (QED) is 0.307. The first-order valence-corrected chi connectivity index (χ1v) is 11.7. The summed E-state index contributed by atoms with van der Waals surface area (Å²) >= 11 is 6.26. The topological polar surface area (TPSA) is 56.1 Å². The van der Waals surface area contributed by atoms with Crippen LogP contribution in [0, 0.1) is 5.82 Å². The molecule has 0 unspecified atom stereocenters. The van der Waals surface area contributed by atoms with Crippen molar-refractivity contribution in [3.8, 4) is 5.75 Å². The van der Waals surface area contributed by atoms with Gasteiger partial charge in [0.1, 0.15) is 23.2 Å². The molecule has 1 aromatic heterocycles. The Morgan fingerprint density at radius 2 is 1.80 bits per heavy atom. The summed E-state index contributed by atoms with van der Waals surface area (Å²) in [5.41, 5.74) is 3.10. The molecule has 0 aliphatic carbocycles. The standard InChI is InChI=1S/C28H27ClFN3O2/c1-28(2,3)22-11-13-23(14-12-22)35-18-19-7-6-9-20(15-19)27(34)31-26-24(29)17-33(32-26)16-21-8-4-5-10-25(21)30/h4-15,17H,16,18H2,1-3H3,(H,31,32,34). The van der Waals surface area contributed by atoms with Crippen LogP contribution in [0.5, 0.6) is 5.75 Å². The number of aromatic nitrogens is 2. The predicted molar refractivity (Wildman–Crippen MR) is 137 cm³/mol. The molecule has 7 heteroatoms. The number of anilines is 1. The first-order valence-electron chi connectivity index (χ1n) is 11.3. The lowest BCUT2D eigenvalue weighted by Gasteiger charge is -2.19. The van der Waals surface area contributed by atoms with Crippen molar-refractivity contribution in [3.05, 3.63) is 112 Å². The highest BCUT2D eigenvalue weighted by molar-refractivity contribution is 6.33. The number of carbonyl (C=O) groups is 1. The van der Waals surface area contributed by atoms with E-state index in [1.54, 1.807) is 42.6 Å². The van der Waals surface area contributed by atoms with E-state index in [0.29, 0.717) is 17.7 Å². The average Bonchev–Trinajstić information content (AvgIpc) is 3.17. The minimum Gasteiger partial charge on any atom is -0.489 e. The van der Waals surface area contributed by atoms with Crippen molar-refractivity contribution in [2.75, 3.05) is 5.32 Å². The molecule has 1 amide bonds. The van der Waals surface area contributed by atoms with Gasteiger partial charge < -0.3 is 10.1 Å². The molecule has 0 atom stereocenters. The molecule has 0 saturated heterocycles. The summed E-state index contributed by atoms with van der Waals surface area (Å²) in [6.45, 7) is 7.03. The van der Waals surface area contributed by atoms with Gasteiger partial charge in [-0.15, -0.1) is 0 Å². The Kier molecular flexibility index (Phi) is 7.22. The largest absolute Gasteiger partial charge is 0.489 e. The summed E-state index contributed by atoms with van der Waals surface area (Å²) in [6.07, 6.45) is 1.55. The van der Waals surface area contributed by atoms with Gasteiger partial charge >= 0.3 is 0 Å². The number of carbonyl (C=O) groups excluding carboxylic acids is 1. The number of halogens is 2. The van der Waals surface area contributed by atoms with E-state index in [1.807, 2.05) is 18.2 Å². The zero-order valence-corrected chi connectivity index (χ0v) is 20.6. The molecule has 0 saturated carbocycles. The highest BCUT2D eigenvalue weighted by Gasteiger charge is 2.15. The smallest absolute Gasteiger partial charge is 0.256 e. The van der Waals surface area contributed by atoms with Crippen molar-refractivity contribution < 1.29 is 13.9 Å². The van der Waals surface area contributed by atoms with Crippen molar-refractivity contribution in [1.82, 2.24) is 9.78 Å². The lowest BCUT2D eigenvalue weighted by Crippen LogP contribution is -2.14. The number of amides is 1. The molecule has 35 heavy (non-hydrogen) atoms. The number of ether oxygens (including phenoxy) is 1. The first-order chi connectivity index (χ1) is 16.7. The Morgan fingerprint density at radius 3 is 2.51 bits per heavy atom. The number of benzene rings is 3. The Balaban J connectivity index is 1.39. The molecule has 0 fully saturated rings. The highest BCUT2D eigenvalue weighted by atomic mass is 35.5. The second kappa shape index (κ2) is 10.3. The van der Waals surface area contributed by atoms with Crippen LogP contribution in [0.15, 0.2) is 79.0 Å². The van der Waals surface area contributed by atoms with Crippen molar-refractivity contribution in [1.29, 1.82) is 0 Å². The molecule has 0 bridgehead atoms. The van der Waals surface area contributed by atoms with Crippen LogP contribution in [0.1, 0.15) is 47.8 Å². The van der Waals surface area contributed by atoms with E-state index >= 15 is 0 Å². The van der Waals surface area contributed by atoms with E-state index in [-0.39, 0.29) is 34.5 Å². The molecule has 4 aromatic rings. The third kappa shape index (κ3) is 6.28. The molecule has 0 aliphatic rings. The van der Waals surface area contributed by atoms with Crippen LogP contribution in [0.4, 0.5) is 10.2 Å². The first kappa shape index (κ1) is 24.5. The lowest BCUT2D eigenvalue weighted by atomic mass is 9.87. The van der Waals surface area contributed by atoms with Gasteiger partial charge in [-0.1, -0.05) is 74.8 Å². The summed E-state index contributed by atoms with van der Waals surface area (Å²) in [5.74, 6) is 0.307. The second-order valence-corrected chi connectivity index (χ2v) is 9.74. The summed E-state index contributed by atoms with van der Waals surface area (Å²) in [6, 6.07) is 21.7. The molecule has 5 nitrogen and oxygen atoms in total. The maximum Gasteiger partial charge on any atom is 0.256 e. The zero-order chi connectivity index (χ0) is 25.0. The fourth-order valence-corrected chi connectivity index (χ4v) is 3.76. The summed E-state index contributed by atoms with van der Waals surface area (Å²) in [7, 11) is 0. The van der Waals surface area contributed by atoms with Gasteiger partial charge in [0.25, 0.3) is 5.91 Å². The van der Waals surface area contributed by atoms with E-state index < -0.39 is 0 Å². The monoisotopic (exact) mass is 491 g/mol. The molecular weight excluding hydrogens is 465 g/mol. The molecule has 180 valence electrons. The number of nitrogens with zero attached hydrogens (tertiary/aromatic N) is 2. The van der Waals surface area contributed by atoms with Crippen LogP contribution in [-0.2, 0) is 18.6 Å². The van der Waals surface area contributed by atoms with E-state index in [0.717, 1.165) is 11.3 Å². The van der Waals surface area contributed by atoms with Gasteiger partial charge in [0.05, 0.1) is 6.54 Å². The molecule has 0 aliphatic heterocycles. The third-order valence-electron chi connectivity index (χ3n) is 5.55. The third-order valence-corrected chi connectivity index (χ3v) is 5.83. The number of hydrogen-bond donors (Lipinski definition) is 1. The molecular formula is C28H27ClFN3O2. The molecule has 4 rings (SSSR count). The van der Waals surface area contributed by atoms with Crippen molar-refractivity contribution >= 4 is 23.3 Å². The lowest BCUT2D eigenvalue weighted by molar-refractivity contribution is 0.102.